The van der Waals surface area contributed by atoms with Gasteiger partial charge in [-0.1, -0.05) is 6.42 Å². The smallest absolute Gasteiger partial charge is 0.230 e. The lowest BCUT2D eigenvalue weighted by Gasteiger charge is -2.44. The number of piperazine rings is 1. The van der Waals surface area contributed by atoms with Gasteiger partial charge < -0.3 is 15.1 Å². The number of hydrogen-bond acceptors (Lipinski definition) is 3. The summed E-state index contributed by atoms with van der Waals surface area (Å²) < 4.78 is 0. The van der Waals surface area contributed by atoms with Crippen LogP contribution in [0.5, 0.6) is 0 Å². The molecule has 4 bridgehead atoms. The number of fused-ring (bicyclic) bond motifs is 4. The first-order valence-electron chi connectivity index (χ1n) is 7.53. The summed E-state index contributed by atoms with van der Waals surface area (Å²) in [4.78, 5) is 17.5. The van der Waals surface area contributed by atoms with Crippen LogP contribution < -0.4 is 5.32 Å². The van der Waals surface area contributed by atoms with Crippen LogP contribution in [0.3, 0.4) is 0 Å². The Morgan fingerprint density at radius 1 is 1.11 bits per heavy atom. The van der Waals surface area contributed by atoms with Crippen LogP contribution in [0.4, 0.5) is 0 Å². The molecule has 4 aliphatic rings. The van der Waals surface area contributed by atoms with Gasteiger partial charge in [0.25, 0.3) is 0 Å². The summed E-state index contributed by atoms with van der Waals surface area (Å²) in [6.45, 7) is 5.23. The average Bonchev–Trinajstić information content (AvgIpc) is 2.99. The van der Waals surface area contributed by atoms with Gasteiger partial charge >= 0.3 is 0 Å². The summed E-state index contributed by atoms with van der Waals surface area (Å²) in [7, 11) is 0. The number of piperidine rings is 2. The molecule has 2 unspecified atom stereocenters. The van der Waals surface area contributed by atoms with Crippen molar-refractivity contribution in [3.63, 3.8) is 0 Å². The van der Waals surface area contributed by atoms with Crippen molar-refractivity contribution in [2.24, 2.45) is 5.41 Å². The van der Waals surface area contributed by atoms with Gasteiger partial charge in [-0.05, 0) is 38.8 Å². The summed E-state index contributed by atoms with van der Waals surface area (Å²) in [6, 6.07) is 1.13. The fraction of sp³-hybridized carbons (Fsp3) is 0.929. The van der Waals surface area contributed by atoms with Crippen molar-refractivity contribution in [2.45, 2.75) is 44.2 Å². The monoisotopic (exact) mass is 249 g/mol. The maximum absolute atomic E-state index is 12.9. The minimum Gasteiger partial charge on any atom is -0.339 e. The second-order valence-corrected chi connectivity index (χ2v) is 6.76. The van der Waals surface area contributed by atoms with E-state index in [1.807, 2.05) is 0 Å². The molecule has 0 spiro atoms. The van der Waals surface area contributed by atoms with Crippen molar-refractivity contribution in [1.29, 1.82) is 0 Å². The van der Waals surface area contributed by atoms with Gasteiger partial charge in [0, 0.05) is 31.7 Å². The third-order valence-electron chi connectivity index (χ3n) is 5.54. The molecular formula is C14H23N3O. The highest BCUT2D eigenvalue weighted by molar-refractivity contribution is 5.84. The topological polar surface area (TPSA) is 35.6 Å². The number of amides is 1. The van der Waals surface area contributed by atoms with E-state index in [0.717, 1.165) is 45.6 Å². The summed E-state index contributed by atoms with van der Waals surface area (Å²) >= 11 is 0. The number of nitrogens with one attached hydrogen (secondary N) is 1. The van der Waals surface area contributed by atoms with E-state index in [0.29, 0.717) is 18.0 Å². The molecule has 1 amide bonds. The fourth-order valence-electron chi connectivity index (χ4n) is 4.51. The molecule has 4 fully saturated rings. The second-order valence-electron chi connectivity index (χ2n) is 6.76. The number of carbonyl (C=O) groups is 1. The van der Waals surface area contributed by atoms with Crippen LogP contribution in [0.25, 0.3) is 0 Å². The lowest BCUT2D eigenvalue weighted by molar-refractivity contribution is -0.143. The summed E-state index contributed by atoms with van der Waals surface area (Å²) in [5.41, 5.74) is 0.00559. The molecule has 4 aliphatic heterocycles. The van der Waals surface area contributed by atoms with E-state index in [1.165, 1.54) is 19.3 Å². The standard InChI is InChI=1S/C14H23N3O/c18-13(14-4-6-16(10-14)7-5-14)17-8-11-2-1-3-12(9-17)15-11/h11-12,15H,1-10H2. The molecule has 0 saturated carbocycles. The molecule has 0 aromatic heterocycles. The Hall–Kier alpha value is -0.610. The van der Waals surface area contributed by atoms with Crippen LogP contribution in [-0.4, -0.2) is 60.5 Å². The van der Waals surface area contributed by atoms with Gasteiger partial charge in [0.1, 0.15) is 0 Å². The normalized spacial score (nSPS) is 46.4. The fourth-order valence-corrected chi connectivity index (χ4v) is 4.51. The van der Waals surface area contributed by atoms with Crippen molar-refractivity contribution in [3.8, 4) is 0 Å². The van der Waals surface area contributed by atoms with E-state index in [9.17, 15) is 4.79 Å². The highest BCUT2D eigenvalue weighted by Gasteiger charge is 2.51. The molecule has 0 aromatic rings. The highest BCUT2D eigenvalue weighted by Crippen LogP contribution is 2.42. The molecule has 4 saturated heterocycles. The molecule has 0 aromatic carbocycles. The molecule has 4 heterocycles. The van der Waals surface area contributed by atoms with Crippen molar-refractivity contribution in [1.82, 2.24) is 15.1 Å². The summed E-state index contributed by atoms with van der Waals surface area (Å²) in [6.07, 6.45) is 6.04. The molecule has 18 heavy (non-hydrogen) atoms. The molecule has 2 atom stereocenters. The zero-order chi connectivity index (χ0) is 12.2. The molecule has 4 rings (SSSR count). The lowest BCUT2D eigenvalue weighted by Crippen LogP contribution is -2.62. The van der Waals surface area contributed by atoms with E-state index in [4.69, 9.17) is 0 Å². The van der Waals surface area contributed by atoms with E-state index in [2.05, 4.69) is 15.1 Å². The Balaban J connectivity index is 1.51. The first-order valence-corrected chi connectivity index (χ1v) is 7.53. The minimum atomic E-state index is 0.00559. The van der Waals surface area contributed by atoms with Crippen LogP contribution in [0.15, 0.2) is 0 Å². The zero-order valence-electron chi connectivity index (χ0n) is 11.0. The molecule has 0 radical (unpaired) electrons. The minimum absolute atomic E-state index is 0.00559. The van der Waals surface area contributed by atoms with Crippen LogP contribution >= 0.6 is 0 Å². The van der Waals surface area contributed by atoms with Crippen LogP contribution in [0.1, 0.15) is 32.1 Å². The number of nitrogens with zero attached hydrogens (tertiary/aromatic N) is 2. The zero-order valence-corrected chi connectivity index (χ0v) is 11.0. The van der Waals surface area contributed by atoms with Gasteiger partial charge in [-0.2, -0.15) is 0 Å². The largest absolute Gasteiger partial charge is 0.339 e. The molecule has 1 N–H and O–H groups in total. The third-order valence-corrected chi connectivity index (χ3v) is 5.54. The van der Waals surface area contributed by atoms with Crippen molar-refractivity contribution in [2.75, 3.05) is 32.7 Å². The van der Waals surface area contributed by atoms with Gasteiger partial charge in [-0.3, -0.25) is 4.79 Å². The van der Waals surface area contributed by atoms with Crippen LogP contribution in [0, 0.1) is 5.41 Å². The molecular weight excluding hydrogens is 226 g/mol. The SMILES string of the molecule is O=C(N1CC2CCCC(C1)N2)C12CCN(CC1)C2. The van der Waals surface area contributed by atoms with E-state index >= 15 is 0 Å². The summed E-state index contributed by atoms with van der Waals surface area (Å²) in [5, 5.41) is 3.66. The average molecular weight is 249 g/mol. The molecule has 4 heteroatoms. The first kappa shape index (κ1) is 11.2. The highest BCUT2D eigenvalue weighted by atomic mass is 16.2. The Bertz CT molecular complexity index is 350. The van der Waals surface area contributed by atoms with Crippen molar-refractivity contribution in [3.05, 3.63) is 0 Å². The predicted octanol–water partition coefficient (Wildman–Crippen LogP) is 0.435. The Labute approximate surface area is 109 Å². The van der Waals surface area contributed by atoms with Gasteiger partial charge in [0.15, 0.2) is 0 Å². The van der Waals surface area contributed by atoms with Crippen LogP contribution in [0.2, 0.25) is 0 Å². The van der Waals surface area contributed by atoms with Gasteiger partial charge in [0.2, 0.25) is 5.91 Å². The first-order chi connectivity index (χ1) is 8.75. The molecule has 100 valence electrons. The second kappa shape index (κ2) is 3.94. The predicted molar refractivity (Wildman–Crippen MR) is 69.2 cm³/mol. The maximum Gasteiger partial charge on any atom is 0.230 e. The van der Waals surface area contributed by atoms with Gasteiger partial charge in [-0.25, -0.2) is 0 Å². The molecule has 4 nitrogen and oxygen atoms in total. The van der Waals surface area contributed by atoms with Crippen molar-refractivity contribution >= 4 is 5.91 Å². The quantitative estimate of drug-likeness (QED) is 0.732. The Kier molecular flexibility index (Phi) is 2.46. The Morgan fingerprint density at radius 3 is 2.33 bits per heavy atom. The van der Waals surface area contributed by atoms with E-state index in [1.54, 1.807) is 0 Å². The van der Waals surface area contributed by atoms with Gasteiger partial charge in [0.05, 0.1) is 5.41 Å². The number of hydrogen-bond donors (Lipinski definition) is 1. The van der Waals surface area contributed by atoms with E-state index < -0.39 is 0 Å². The van der Waals surface area contributed by atoms with Crippen LogP contribution in [-0.2, 0) is 4.79 Å². The van der Waals surface area contributed by atoms with Crippen molar-refractivity contribution < 1.29 is 4.79 Å². The lowest BCUT2D eigenvalue weighted by atomic mass is 9.82. The maximum atomic E-state index is 12.9. The number of likely N-dealkylation sites (tertiary alicyclic amines) is 1. The number of carbonyl (C=O) groups excluding carboxylic acids is 1. The number of rotatable bonds is 1. The molecule has 0 aliphatic carbocycles. The summed E-state index contributed by atoms with van der Waals surface area (Å²) in [5.74, 6) is 0.473. The van der Waals surface area contributed by atoms with E-state index in [-0.39, 0.29) is 5.41 Å². The Morgan fingerprint density at radius 2 is 1.78 bits per heavy atom. The van der Waals surface area contributed by atoms with Gasteiger partial charge in [-0.15, -0.1) is 0 Å². The third kappa shape index (κ3) is 1.62.